The Bertz CT molecular complexity index is 1030. The number of hydrogen-bond donors (Lipinski definition) is 2. The summed E-state index contributed by atoms with van der Waals surface area (Å²) in [5, 5.41) is 0. The van der Waals surface area contributed by atoms with E-state index in [1.807, 2.05) is 0 Å². The summed E-state index contributed by atoms with van der Waals surface area (Å²) >= 11 is 0. The molecule has 2 aliphatic heterocycles. The topological polar surface area (TPSA) is 103 Å². The molecule has 0 amide bonds. The highest BCUT2D eigenvalue weighted by atomic mass is 16.6. The van der Waals surface area contributed by atoms with Gasteiger partial charge in [-0.05, 0) is 66.7 Å². The fourth-order valence-corrected chi connectivity index (χ4v) is 5.98. The fourth-order valence-electron chi connectivity index (χ4n) is 5.98. The Morgan fingerprint density at radius 1 is 0.789 bits per heavy atom. The van der Waals surface area contributed by atoms with Crippen LogP contribution in [0.5, 0.6) is 0 Å². The quantitative estimate of drug-likeness (QED) is 0.442. The normalized spacial score (nSPS) is 28.6. The molecular formula is C30H44N2O6. The van der Waals surface area contributed by atoms with Crippen LogP contribution in [0.4, 0.5) is 0 Å². The summed E-state index contributed by atoms with van der Waals surface area (Å²) in [6, 6.07) is 6.97. The molecule has 0 saturated carbocycles. The van der Waals surface area contributed by atoms with E-state index in [2.05, 4.69) is 51.5 Å². The van der Waals surface area contributed by atoms with Crippen molar-refractivity contribution in [3.63, 3.8) is 0 Å². The first-order chi connectivity index (χ1) is 17.9. The monoisotopic (exact) mass is 528 g/mol. The molecule has 6 unspecified atom stereocenters. The highest BCUT2D eigenvalue weighted by Gasteiger charge is 2.49. The Labute approximate surface area is 226 Å². The summed E-state index contributed by atoms with van der Waals surface area (Å²) in [6.45, 7) is 13.9. The summed E-state index contributed by atoms with van der Waals surface area (Å²) in [7, 11) is 0. The molecule has 2 aromatic rings. The lowest BCUT2D eigenvalue weighted by Gasteiger charge is -2.52. The third kappa shape index (κ3) is 6.89. The number of ether oxygens (including phenoxy) is 4. The Hall–Kier alpha value is -2.58. The van der Waals surface area contributed by atoms with Crippen molar-refractivity contribution in [1.29, 1.82) is 0 Å². The Balaban J connectivity index is 1.44. The summed E-state index contributed by atoms with van der Waals surface area (Å²) in [6.07, 6.45) is 6.56. The zero-order chi connectivity index (χ0) is 27.5. The number of esters is 2. The highest BCUT2D eigenvalue weighted by molar-refractivity contribution is 5.87. The van der Waals surface area contributed by atoms with Gasteiger partial charge in [-0.2, -0.15) is 0 Å². The van der Waals surface area contributed by atoms with Crippen molar-refractivity contribution in [2.45, 2.75) is 91.6 Å². The van der Waals surface area contributed by atoms with E-state index in [1.165, 1.54) is 0 Å². The molecule has 6 atom stereocenters. The molecule has 4 heterocycles. The number of aromatic amines is 2. The molecule has 0 radical (unpaired) electrons. The van der Waals surface area contributed by atoms with Crippen LogP contribution in [0.25, 0.3) is 0 Å². The van der Waals surface area contributed by atoms with Gasteiger partial charge >= 0.3 is 11.9 Å². The van der Waals surface area contributed by atoms with Crippen molar-refractivity contribution >= 4 is 11.9 Å². The van der Waals surface area contributed by atoms with Gasteiger partial charge in [-0.15, -0.1) is 0 Å². The van der Waals surface area contributed by atoms with Gasteiger partial charge in [-0.25, -0.2) is 9.59 Å². The number of rotatable bonds is 7. The van der Waals surface area contributed by atoms with Crippen LogP contribution in [0.2, 0.25) is 0 Å². The van der Waals surface area contributed by atoms with E-state index in [0.29, 0.717) is 17.3 Å². The summed E-state index contributed by atoms with van der Waals surface area (Å²) < 4.78 is 24.6. The summed E-state index contributed by atoms with van der Waals surface area (Å²) in [4.78, 5) is 30.5. The molecule has 0 aromatic carbocycles. The lowest BCUT2D eigenvalue weighted by Crippen LogP contribution is -2.55. The van der Waals surface area contributed by atoms with Crippen molar-refractivity contribution in [2.75, 3.05) is 13.2 Å². The third-order valence-electron chi connectivity index (χ3n) is 7.92. The number of aromatic nitrogens is 2. The van der Waals surface area contributed by atoms with E-state index in [1.54, 1.807) is 36.7 Å². The molecule has 0 bridgehead atoms. The first-order valence-corrected chi connectivity index (χ1v) is 13.9. The van der Waals surface area contributed by atoms with E-state index in [9.17, 15) is 9.59 Å². The largest absolute Gasteiger partial charge is 0.458 e. The minimum atomic E-state index is -0.367. The van der Waals surface area contributed by atoms with Gasteiger partial charge < -0.3 is 28.9 Å². The average molecular weight is 529 g/mol. The third-order valence-corrected chi connectivity index (χ3v) is 7.92. The van der Waals surface area contributed by atoms with Crippen LogP contribution >= 0.6 is 0 Å². The SMILES string of the molecule is CC(C)(C)C1CCC(COC(=O)c2ccc[nH]2)OC1C1CCC(COC(=O)c2ccc[nH]2)OC1C(C)(C)C. The van der Waals surface area contributed by atoms with Crippen LogP contribution in [0.15, 0.2) is 36.7 Å². The lowest BCUT2D eigenvalue weighted by molar-refractivity contribution is -0.214. The number of hydrogen-bond acceptors (Lipinski definition) is 6. The average Bonchev–Trinajstić information content (AvgIpc) is 3.59. The van der Waals surface area contributed by atoms with E-state index >= 15 is 0 Å². The molecule has 0 aliphatic carbocycles. The molecule has 38 heavy (non-hydrogen) atoms. The second kappa shape index (κ2) is 11.7. The number of H-pyrrole nitrogens is 2. The van der Waals surface area contributed by atoms with E-state index < -0.39 is 0 Å². The molecule has 8 nitrogen and oxygen atoms in total. The highest BCUT2D eigenvalue weighted by Crippen LogP contribution is 2.47. The van der Waals surface area contributed by atoms with Crippen molar-refractivity contribution in [3.05, 3.63) is 48.0 Å². The first-order valence-electron chi connectivity index (χ1n) is 13.9. The molecule has 2 aliphatic rings. The molecule has 2 N–H and O–H groups in total. The minimum Gasteiger partial charge on any atom is -0.458 e. The zero-order valence-corrected chi connectivity index (χ0v) is 23.6. The molecule has 210 valence electrons. The molecule has 2 saturated heterocycles. The van der Waals surface area contributed by atoms with Gasteiger partial charge in [0.25, 0.3) is 0 Å². The Morgan fingerprint density at radius 3 is 1.79 bits per heavy atom. The summed E-state index contributed by atoms with van der Waals surface area (Å²) in [5.41, 5.74) is 0.812. The van der Waals surface area contributed by atoms with Gasteiger partial charge in [-0.1, -0.05) is 41.5 Å². The van der Waals surface area contributed by atoms with Crippen LogP contribution in [0, 0.1) is 22.7 Å². The van der Waals surface area contributed by atoms with Crippen LogP contribution in [-0.2, 0) is 18.9 Å². The fraction of sp³-hybridized carbons (Fsp3) is 0.667. The van der Waals surface area contributed by atoms with Crippen molar-refractivity contribution in [2.24, 2.45) is 22.7 Å². The number of nitrogens with one attached hydrogen (secondary N) is 2. The van der Waals surface area contributed by atoms with Gasteiger partial charge in [0.15, 0.2) is 0 Å². The maximum absolute atomic E-state index is 12.4. The maximum atomic E-state index is 12.4. The van der Waals surface area contributed by atoms with E-state index in [4.69, 9.17) is 18.9 Å². The zero-order valence-electron chi connectivity index (χ0n) is 23.6. The van der Waals surface area contributed by atoms with Gasteiger partial charge in [0.1, 0.15) is 24.6 Å². The Kier molecular flexibility index (Phi) is 8.72. The standard InChI is InChI=1S/C30H44N2O6/c1-29(2,3)22-14-12-19(17-35-27(33)23-9-7-15-31-23)37-25(22)21-13-11-20(38-26(21)30(4,5)6)18-36-28(34)24-10-8-16-32-24/h7-10,15-16,19-22,25-26,31-32H,11-14,17-18H2,1-6H3. The summed E-state index contributed by atoms with van der Waals surface area (Å²) in [5.74, 6) is -0.207. The van der Waals surface area contributed by atoms with Gasteiger partial charge in [0, 0.05) is 18.3 Å². The predicted molar refractivity (Wildman–Crippen MR) is 144 cm³/mol. The molecular weight excluding hydrogens is 484 g/mol. The second-order valence-corrected chi connectivity index (χ2v) is 12.9. The molecule has 8 heteroatoms. The first kappa shape index (κ1) is 28.4. The smallest absolute Gasteiger partial charge is 0.354 e. The van der Waals surface area contributed by atoms with Crippen molar-refractivity contribution in [3.8, 4) is 0 Å². The van der Waals surface area contributed by atoms with Crippen LogP contribution in [0.3, 0.4) is 0 Å². The maximum Gasteiger partial charge on any atom is 0.354 e. The van der Waals surface area contributed by atoms with Crippen molar-refractivity contribution in [1.82, 2.24) is 9.97 Å². The predicted octanol–water partition coefficient (Wildman–Crippen LogP) is 5.78. The van der Waals surface area contributed by atoms with E-state index in [0.717, 1.165) is 25.7 Å². The number of carbonyl (C=O) groups excluding carboxylic acids is 2. The van der Waals surface area contributed by atoms with E-state index in [-0.39, 0.29) is 66.3 Å². The van der Waals surface area contributed by atoms with Gasteiger partial charge in [0.05, 0.1) is 24.4 Å². The second-order valence-electron chi connectivity index (χ2n) is 12.9. The van der Waals surface area contributed by atoms with Gasteiger partial charge in [0.2, 0.25) is 0 Å². The van der Waals surface area contributed by atoms with Crippen molar-refractivity contribution < 1.29 is 28.5 Å². The molecule has 2 fully saturated rings. The molecule has 4 rings (SSSR count). The minimum absolute atomic E-state index is 0.0235. The lowest BCUT2D eigenvalue weighted by atomic mass is 9.65. The Morgan fingerprint density at radius 2 is 1.32 bits per heavy atom. The van der Waals surface area contributed by atoms with Gasteiger partial charge in [-0.3, -0.25) is 0 Å². The number of carbonyl (C=O) groups is 2. The molecule has 0 spiro atoms. The molecule has 2 aromatic heterocycles. The van der Waals surface area contributed by atoms with Crippen LogP contribution in [0.1, 0.15) is 88.2 Å². The van der Waals surface area contributed by atoms with Crippen LogP contribution < -0.4 is 0 Å². The van der Waals surface area contributed by atoms with Crippen LogP contribution in [-0.4, -0.2) is 59.5 Å².